The molecule has 0 aliphatic rings. The van der Waals surface area contributed by atoms with E-state index < -0.39 is 11.9 Å². The third kappa shape index (κ3) is 5.80. The first-order valence-electron chi connectivity index (χ1n) is 7.90. The zero-order chi connectivity index (χ0) is 18.6. The number of ketones is 1. The number of hydrogen-bond donors (Lipinski definition) is 1. The maximum absolute atomic E-state index is 12.2. The number of carbonyl (C=O) groups is 2. The molecule has 0 saturated heterocycles. The van der Waals surface area contributed by atoms with E-state index in [4.69, 9.17) is 23.2 Å². The highest BCUT2D eigenvalue weighted by Gasteiger charge is 2.23. The minimum atomic E-state index is -0.922. The number of nitrogens with zero attached hydrogens (tertiary/aromatic N) is 1. The lowest BCUT2D eigenvalue weighted by atomic mass is 9.91. The molecule has 25 heavy (non-hydrogen) atoms. The molecule has 0 saturated carbocycles. The van der Waals surface area contributed by atoms with Crippen LogP contribution in [0.3, 0.4) is 0 Å². The Morgan fingerprint density at radius 3 is 2.60 bits per heavy atom. The molecular weight excluding hydrogens is 381 g/mol. The average Bonchev–Trinajstić information content (AvgIpc) is 2.94. The zero-order valence-corrected chi connectivity index (χ0v) is 16.3. The number of benzene rings is 1. The van der Waals surface area contributed by atoms with Crippen LogP contribution in [0, 0.1) is 11.8 Å². The highest BCUT2D eigenvalue weighted by atomic mass is 35.5. The second-order valence-corrected chi connectivity index (χ2v) is 8.05. The monoisotopic (exact) mass is 399 g/mol. The summed E-state index contributed by atoms with van der Waals surface area (Å²) in [5, 5.41) is 12.8. The molecular formula is C18H19Cl2NO3S. The van der Waals surface area contributed by atoms with E-state index in [0.29, 0.717) is 27.2 Å². The lowest BCUT2D eigenvalue weighted by Gasteiger charge is -2.13. The molecule has 2 rings (SSSR count). The number of thiazole rings is 1. The molecule has 0 unspecified atom stereocenters. The Labute approximate surface area is 160 Å². The lowest BCUT2D eigenvalue weighted by Crippen LogP contribution is -2.20. The summed E-state index contributed by atoms with van der Waals surface area (Å²) in [6, 6.07) is 5.17. The molecule has 1 heterocycles. The second-order valence-electron chi connectivity index (χ2n) is 6.35. The van der Waals surface area contributed by atoms with Crippen molar-refractivity contribution in [2.45, 2.75) is 33.1 Å². The Morgan fingerprint density at radius 2 is 2.00 bits per heavy atom. The average molecular weight is 400 g/mol. The fraction of sp³-hybridized carbons (Fsp3) is 0.389. The SMILES string of the molecule is CC(C)C[C@H](CC(=O)Cc1csc(-c2ccc(Cl)cc2Cl)n1)C(=O)O. The molecule has 134 valence electrons. The molecule has 1 N–H and O–H groups in total. The fourth-order valence-corrected chi connectivity index (χ4v) is 3.98. The summed E-state index contributed by atoms with van der Waals surface area (Å²) in [5.41, 5.74) is 1.39. The topological polar surface area (TPSA) is 67.3 Å². The number of hydrogen-bond acceptors (Lipinski definition) is 4. The standard InChI is InChI=1S/C18H19Cl2NO3S/c1-10(2)5-11(18(23)24)6-14(22)8-13-9-25-17(21-13)15-4-3-12(19)7-16(15)20/h3-4,7,9-11H,5-6,8H2,1-2H3,(H,23,24)/t11-/m1/s1. The molecule has 0 spiro atoms. The number of Topliss-reactive ketones (excluding diaryl/α,β-unsaturated/α-hetero) is 1. The highest BCUT2D eigenvalue weighted by Crippen LogP contribution is 2.32. The normalized spacial score (nSPS) is 12.4. The minimum Gasteiger partial charge on any atom is -0.481 e. The van der Waals surface area contributed by atoms with Gasteiger partial charge in [-0.1, -0.05) is 37.0 Å². The predicted octanol–water partition coefficient (Wildman–Crippen LogP) is 5.37. The van der Waals surface area contributed by atoms with Crippen LogP contribution in [0.5, 0.6) is 0 Å². The van der Waals surface area contributed by atoms with E-state index in [9.17, 15) is 14.7 Å². The summed E-state index contributed by atoms with van der Waals surface area (Å²) in [7, 11) is 0. The molecule has 1 atom stereocenters. The zero-order valence-electron chi connectivity index (χ0n) is 14.0. The van der Waals surface area contributed by atoms with Crippen LogP contribution < -0.4 is 0 Å². The van der Waals surface area contributed by atoms with E-state index in [1.165, 1.54) is 11.3 Å². The molecule has 0 radical (unpaired) electrons. The first-order valence-corrected chi connectivity index (χ1v) is 9.54. The van der Waals surface area contributed by atoms with Gasteiger partial charge in [-0.15, -0.1) is 11.3 Å². The number of carbonyl (C=O) groups excluding carboxylic acids is 1. The molecule has 0 aliphatic heterocycles. The van der Waals surface area contributed by atoms with Crippen LogP contribution in [0.15, 0.2) is 23.6 Å². The van der Waals surface area contributed by atoms with Crippen molar-refractivity contribution in [1.29, 1.82) is 0 Å². The van der Waals surface area contributed by atoms with E-state index >= 15 is 0 Å². The number of aliphatic carboxylic acids is 1. The number of carboxylic acid groups (broad SMARTS) is 1. The maximum Gasteiger partial charge on any atom is 0.306 e. The van der Waals surface area contributed by atoms with Gasteiger partial charge in [0.1, 0.15) is 10.8 Å². The van der Waals surface area contributed by atoms with Crippen LogP contribution >= 0.6 is 34.5 Å². The molecule has 0 aliphatic carbocycles. The van der Waals surface area contributed by atoms with Gasteiger partial charge in [-0.25, -0.2) is 4.98 Å². The third-order valence-corrected chi connectivity index (χ3v) is 5.14. The second kappa shape index (κ2) is 8.79. The van der Waals surface area contributed by atoms with Gasteiger partial charge >= 0.3 is 5.97 Å². The molecule has 0 amide bonds. The van der Waals surface area contributed by atoms with E-state index in [0.717, 1.165) is 5.56 Å². The summed E-state index contributed by atoms with van der Waals surface area (Å²) < 4.78 is 0. The van der Waals surface area contributed by atoms with Gasteiger partial charge in [-0.2, -0.15) is 0 Å². The first kappa shape index (κ1) is 19.9. The van der Waals surface area contributed by atoms with Crippen molar-refractivity contribution in [3.63, 3.8) is 0 Å². The van der Waals surface area contributed by atoms with Crippen LogP contribution in [0.25, 0.3) is 10.6 Å². The molecule has 1 aromatic carbocycles. The van der Waals surface area contributed by atoms with Crippen molar-refractivity contribution < 1.29 is 14.7 Å². The Morgan fingerprint density at radius 1 is 1.28 bits per heavy atom. The van der Waals surface area contributed by atoms with Crippen LogP contribution in [-0.2, 0) is 16.0 Å². The van der Waals surface area contributed by atoms with Gasteiger partial charge in [-0.05, 0) is 30.5 Å². The Hall–Kier alpha value is -1.43. The van der Waals surface area contributed by atoms with E-state index in [-0.39, 0.29) is 24.5 Å². The molecule has 2 aromatic rings. The van der Waals surface area contributed by atoms with Crippen LogP contribution in [0.2, 0.25) is 10.0 Å². The van der Waals surface area contributed by atoms with Crippen molar-refractivity contribution in [3.8, 4) is 10.6 Å². The van der Waals surface area contributed by atoms with Gasteiger partial charge in [0.05, 0.1) is 16.6 Å². The van der Waals surface area contributed by atoms with Crippen molar-refractivity contribution in [2.75, 3.05) is 0 Å². The van der Waals surface area contributed by atoms with Gasteiger partial charge in [0.25, 0.3) is 0 Å². The smallest absolute Gasteiger partial charge is 0.306 e. The number of halogens is 2. The highest BCUT2D eigenvalue weighted by molar-refractivity contribution is 7.13. The van der Waals surface area contributed by atoms with Crippen molar-refractivity contribution in [3.05, 3.63) is 39.3 Å². The van der Waals surface area contributed by atoms with Gasteiger partial charge < -0.3 is 5.11 Å². The van der Waals surface area contributed by atoms with Gasteiger partial charge in [-0.3, -0.25) is 9.59 Å². The fourth-order valence-electron chi connectivity index (χ4n) is 2.56. The van der Waals surface area contributed by atoms with Crippen LogP contribution in [-0.4, -0.2) is 21.8 Å². The summed E-state index contributed by atoms with van der Waals surface area (Å²) in [6.45, 7) is 3.89. The summed E-state index contributed by atoms with van der Waals surface area (Å²) in [6.07, 6.45) is 0.648. The summed E-state index contributed by atoms with van der Waals surface area (Å²) in [4.78, 5) is 28.0. The number of rotatable bonds is 8. The molecule has 0 bridgehead atoms. The summed E-state index contributed by atoms with van der Waals surface area (Å²) >= 11 is 13.5. The lowest BCUT2D eigenvalue weighted by molar-refractivity contribution is -0.144. The van der Waals surface area contributed by atoms with Gasteiger partial charge in [0.2, 0.25) is 0 Å². The van der Waals surface area contributed by atoms with E-state index in [1.807, 2.05) is 13.8 Å². The van der Waals surface area contributed by atoms with Crippen molar-refractivity contribution in [1.82, 2.24) is 4.98 Å². The number of aromatic nitrogens is 1. The van der Waals surface area contributed by atoms with E-state index in [1.54, 1.807) is 23.6 Å². The Balaban J connectivity index is 2.05. The van der Waals surface area contributed by atoms with Crippen LogP contribution in [0.4, 0.5) is 0 Å². The van der Waals surface area contributed by atoms with Gasteiger partial charge in [0.15, 0.2) is 0 Å². The first-order chi connectivity index (χ1) is 11.8. The predicted molar refractivity (Wildman–Crippen MR) is 101 cm³/mol. The third-order valence-electron chi connectivity index (χ3n) is 3.67. The van der Waals surface area contributed by atoms with E-state index in [2.05, 4.69) is 4.98 Å². The Bertz CT molecular complexity index is 773. The molecule has 4 nitrogen and oxygen atoms in total. The number of carboxylic acids is 1. The molecule has 1 aromatic heterocycles. The quantitative estimate of drug-likeness (QED) is 0.647. The minimum absolute atomic E-state index is 0.0298. The molecule has 7 heteroatoms. The molecule has 0 fully saturated rings. The van der Waals surface area contributed by atoms with Gasteiger partial charge in [0, 0.05) is 28.8 Å². The van der Waals surface area contributed by atoms with Crippen molar-refractivity contribution >= 4 is 46.3 Å². The Kier molecular flexibility index (Phi) is 6.99. The maximum atomic E-state index is 12.2. The largest absolute Gasteiger partial charge is 0.481 e. The van der Waals surface area contributed by atoms with Crippen LogP contribution in [0.1, 0.15) is 32.4 Å². The summed E-state index contributed by atoms with van der Waals surface area (Å²) in [5.74, 6) is -1.45. The van der Waals surface area contributed by atoms with Crippen molar-refractivity contribution in [2.24, 2.45) is 11.8 Å².